The van der Waals surface area contributed by atoms with E-state index in [0.29, 0.717) is 6.29 Å². The van der Waals surface area contributed by atoms with Crippen molar-refractivity contribution >= 4 is 25.0 Å². The van der Waals surface area contributed by atoms with E-state index in [1.165, 1.54) is 0 Å². The molecule has 0 aromatic heterocycles. The van der Waals surface area contributed by atoms with E-state index >= 15 is 0 Å². The van der Waals surface area contributed by atoms with E-state index in [0.717, 1.165) is 10.4 Å². The zero-order chi connectivity index (χ0) is 19.1. The molecular formula is C21H24F2O2Si. The Bertz CT molecular complexity index is 732. The van der Waals surface area contributed by atoms with E-state index in [-0.39, 0.29) is 11.6 Å². The molecule has 0 spiro atoms. The minimum absolute atomic E-state index is 0.253. The summed E-state index contributed by atoms with van der Waals surface area (Å²) >= 11 is 0. The second kappa shape index (κ2) is 6.39. The summed E-state index contributed by atoms with van der Waals surface area (Å²) in [5.41, 5.74) is -1.68. The summed E-state index contributed by atoms with van der Waals surface area (Å²) in [5.74, 6) is -2.97. The number of alkyl halides is 2. The van der Waals surface area contributed by atoms with Crippen LogP contribution in [0.3, 0.4) is 0 Å². The van der Waals surface area contributed by atoms with Gasteiger partial charge in [0.2, 0.25) is 0 Å². The second-order valence-corrected chi connectivity index (χ2v) is 12.4. The van der Waals surface area contributed by atoms with Crippen molar-refractivity contribution in [3.8, 4) is 0 Å². The molecule has 1 aliphatic carbocycles. The molecule has 5 heteroatoms. The Kier molecular flexibility index (Phi) is 4.65. The molecule has 0 amide bonds. The lowest BCUT2D eigenvalue weighted by Gasteiger charge is -2.43. The van der Waals surface area contributed by atoms with Crippen LogP contribution in [0.15, 0.2) is 60.7 Å². The third-order valence-corrected chi connectivity index (χ3v) is 10.3. The number of hydrogen-bond acceptors (Lipinski definition) is 2. The molecular weight excluding hydrogens is 350 g/mol. The van der Waals surface area contributed by atoms with Crippen molar-refractivity contribution in [2.45, 2.75) is 38.2 Å². The van der Waals surface area contributed by atoms with Crippen molar-refractivity contribution in [1.82, 2.24) is 0 Å². The monoisotopic (exact) mass is 374 g/mol. The molecule has 1 fully saturated rings. The van der Waals surface area contributed by atoms with Gasteiger partial charge in [0.1, 0.15) is 11.7 Å². The lowest BCUT2D eigenvalue weighted by atomic mass is 10.1. The molecule has 1 saturated carbocycles. The van der Waals surface area contributed by atoms with Crippen molar-refractivity contribution in [1.29, 1.82) is 0 Å². The smallest absolute Gasteiger partial charge is 0.263 e. The first kappa shape index (κ1) is 18.9. The van der Waals surface area contributed by atoms with Crippen LogP contribution in [0.5, 0.6) is 0 Å². The van der Waals surface area contributed by atoms with Crippen LogP contribution in [0.25, 0.3) is 0 Å². The topological polar surface area (TPSA) is 26.3 Å². The SMILES string of the molecule is CC(C)(C)[Si](OCC1(C=O)CC1(F)F)(c1ccccc1)c1ccccc1. The number of rotatable bonds is 6. The van der Waals surface area contributed by atoms with E-state index in [9.17, 15) is 13.6 Å². The lowest BCUT2D eigenvalue weighted by Crippen LogP contribution is -2.67. The maximum Gasteiger partial charge on any atom is 0.263 e. The average Bonchev–Trinajstić information content (AvgIpc) is 3.17. The quantitative estimate of drug-likeness (QED) is 0.568. The largest absolute Gasteiger partial charge is 0.406 e. The van der Waals surface area contributed by atoms with E-state index in [4.69, 9.17) is 4.43 Å². The Morgan fingerprint density at radius 2 is 1.42 bits per heavy atom. The van der Waals surface area contributed by atoms with Crippen molar-refractivity contribution in [3.63, 3.8) is 0 Å². The third-order valence-electron chi connectivity index (χ3n) is 5.33. The summed E-state index contributed by atoms with van der Waals surface area (Å²) in [6.45, 7) is 5.99. The minimum Gasteiger partial charge on any atom is -0.406 e. The van der Waals surface area contributed by atoms with Crippen LogP contribution in [0.1, 0.15) is 27.2 Å². The molecule has 0 bridgehead atoms. The van der Waals surface area contributed by atoms with Gasteiger partial charge in [-0.1, -0.05) is 81.4 Å². The molecule has 0 N–H and O–H groups in total. The Labute approximate surface area is 154 Å². The van der Waals surface area contributed by atoms with Gasteiger partial charge in [-0.05, 0) is 15.4 Å². The highest BCUT2D eigenvalue weighted by atomic mass is 28.4. The molecule has 138 valence electrons. The molecule has 1 unspecified atom stereocenters. The van der Waals surface area contributed by atoms with Crippen LogP contribution >= 0.6 is 0 Å². The van der Waals surface area contributed by atoms with E-state index < -0.39 is 26.1 Å². The molecule has 26 heavy (non-hydrogen) atoms. The van der Waals surface area contributed by atoms with Gasteiger partial charge in [-0.15, -0.1) is 0 Å². The Hall–Kier alpha value is -1.85. The first-order valence-corrected chi connectivity index (χ1v) is 10.7. The summed E-state index contributed by atoms with van der Waals surface area (Å²) in [7, 11) is -2.89. The normalized spacial score (nSPS) is 22.0. The Morgan fingerprint density at radius 3 is 1.73 bits per heavy atom. The molecule has 1 aliphatic rings. The summed E-state index contributed by atoms with van der Waals surface area (Å²) < 4.78 is 34.1. The Balaban J connectivity index is 2.11. The fourth-order valence-corrected chi connectivity index (χ4v) is 8.30. The van der Waals surface area contributed by atoms with Gasteiger partial charge in [0.05, 0.1) is 6.61 Å². The Morgan fingerprint density at radius 1 is 1.00 bits per heavy atom. The van der Waals surface area contributed by atoms with E-state index in [1.54, 1.807) is 0 Å². The summed E-state index contributed by atoms with van der Waals surface area (Å²) in [6.07, 6.45) is -0.0491. The second-order valence-electron chi connectivity index (χ2n) is 8.11. The summed E-state index contributed by atoms with van der Waals surface area (Å²) in [5, 5.41) is 1.73. The maximum atomic E-state index is 13.8. The number of halogens is 2. The molecule has 2 aromatic rings. The number of carbonyl (C=O) groups excluding carboxylic acids is 1. The predicted octanol–water partition coefficient (Wildman–Crippen LogP) is 3.79. The van der Waals surface area contributed by atoms with Gasteiger partial charge in [0, 0.05) is 6.42 Å². The van der Waals surface area contributed by atoms with Crippen molar-refractivity contribution in [3.05, 3.63) is 60.7 Å². The fourth-order valence-electron chi connectivity index (χ4n) is 3.67. The van der Waals surface area contributed by atoms with Gasteiger partial charge < -0.3 is 9.22 Å². The minimum atomic E-state index is -2.97. The number of hydrogen-bond donors (Lipinski definition) is 0. The molecule has 3 rings (SSSR count). The van der Waals surface area contributed by atoms with Crippen LogP contribution < -0.4 is 10.4 Å². The van der Waals surface area contributed by atoms with Crippen molar-refractivity contribution in [2.75, 3.05) is 6.61 Å². The van der Waals surface area contributed by atoms with Gasteiger partial charge in [0.15, 0.2) is 0 Å². The van der Waals surface area contributed by atoms with Crippen LogP contribution in [-0.4, -0.2) is 27.1 Å². The maximum absolute atomic E-state index is 13.8. The molecule has 1 atom stereocenters. The first-order valence-electron chi connectivity index (χ1n) is 8.78. The van der Waals surface area contributed by atoms with Gasteiger partial charge >= 0.3 is 0 Å². The van der Waals surface area contributed by atoms with Crippen LogP contribution in [0, 0.1) is 5.41 Å². The highest BCUT2D eigenvalue weighted by Crippen LogP contribution is 2.59. The average molecular weight is 375 g/mol. The number of aldehydes is 1. The number of benzene rings is 2. The van der Waals surface area contributed by atoms with Crippen LogP contribution in [-0.2, 0) is 9.22 Å². The molecule has 0 saturated heterocycles. The van der Waals surface area contributed by atoms with Gasteiger partial charge in [-0.25, -0.2) is 8.78 Å². The highest BCUT2D eigenvalue weighted by molar-refractivity contribution is 6.99. The highest BCUT2D eigenvalue weighted by Gasteiger charge is 2.72. The molecule has 2 aromatic carbocycles. The first-order chi connectivity index (χ1) is 12.2. The van der Waals surface area contributed by atoms with Gasteiger partial charge in [0.25, 0.3) is 14.2 Å². The van der Waals surface area contributed by atoms with Crippen molar-refractivity contribution < 1.29 is 18.0 Å². The van der Waals surface area contributed by atoms with Gasteiger partial charge in [-0.3, -0.25) is 0 Å². The lowest BCUT2D eigenvalue weighted by molar-refractivity contribution is -0.117. The van der Waals surface area contributed by atoms with Gasteiger partial charge in [-0.2, -0.15) is 0 Å². The van der Waals surface area contributed by atoms with E-state index in [2.05, 4.69) is 20.8 Å². The zero-order valence-electron chi connectivity index (χ0n) is 15.3. The number of carbonyl (C=O) groups is 1. The molecule has 2 nitrogen and oxygen atoms in total. The van der Waals surface area contributed by atoms with Crippen LogP contribution in [0.2, 0.25) is 5.04 Å². The molecule has 0 heterocycles. The molecule has 0 radical (unpaired) electrons. The fraction of sp³-hybridized carbons (Fsp3) is 0.381. The third kappa shape index (κ3) is 2.93. The van der Waals surface area contributed by atoms with Crippen molar-refractivity contribution in [2.24, 2.45) is 5.41 Å². The summed E-state index contributed by atoms with van der Waals surface area (Å²) in [4.78, 5) is 11.4. The summed E-state index contributed by atoms with van der Waals surface area (Å²) in [6, 6.07) is 19.6. The van der Waals surface area contributed by atoms with E-state index in [1.807, 2.05) is 60.7 Å². The standard InChI is InChI=1S/C21H24F2O2Si/c1-19(2,3)26(17-10-6-4-7-11-17,18-12-8-5-9-13-18)25-16-20(15-24)14-21(20,22)23/h4-13,15H,14,16H2,1-3H3. The zero-order valence-corrected chi connectivity index (χ0v) is 16.3. The molecule has 0 aliphatic heterocycles. The predicted molar refractivity (Wildman–Crippen MR) is 102 cm³/mol. The van der Waals surface area contributed by atoms with Crippen LogP contribution in [0.4, 0.5) is 8.78 Å².